The molecule has 2 aliphatic rings. The number of hydrogen-bond donors (Lipinski definition) is 2. The molecule has 0 unspecified atom stereocenters. The predicted molar refractivity (Wildman–Crippen MR) is 112 cm³/mol. The van der Waals surface area contributed by atoms with Crippen LogP contribution in [0.3, 0.4) is 0 Å². The number of nitrogens with zero attached hydrogens (tertiary/aromatic N) is 4. The summed E-state index contributed by atoms with van der Waals surface area (Å²) in [5.41, 5.74) is 5.56. The average molecular weight is 455 g/mol. The second kappa shape index (κ2) is 7.99. The number of anilines is 1. The third-order valence-corrected chi connectivity index (χ3v) is 7.56. The van der Waals surface area contributed by atoms with Gasteiger partial charge in [0.2, 0.25) is 5.96 Å². The van der Waals surface area contributed by atoms with Crippen molar-refractivity contribution < 1.29 is 18.3 Å². The predicted octanol–water partition coefficient (Wildman–Crippen LogP) is 3.29. The summed E-state index contributed by atoms with van der Waals surface area (Å²) >= 11 is 3.08. The molecule has 1 fully saturated rings. The van der Waals surface area contributed by atoms with Gasteiger partial charge in [-0.2, -0.15) is 8.78 Å². The number of ether oxygens (including phenoxy) is 1. The van der Waals surface area contributed by atoms with E-state index in [-0.39, 0.29) is 16.7 Å². The van der Waals surface area contributed by atoms with Crippen molar-refractivity contribution in [3.63, 3.8) is 0 Å². The SMILES string of the molecule is CN1S[C@H](C2CC2)[C@@](C)(c2nc(NC(=O)c3ccc(OC(F)F)cn3)cs2)N=C1N. The van der Waals surface area contributed by atoms with E-state index >= 15 is 0 Å². The highest BCUT2D eigenvalue weighted by molar-refractivity contribution is 7.98. The molecule has 3 N–H and O–H groups in total. The monoisotopic (exact) mass is 454 g/mol. The fraction of sp³-hybridized carbons (Fsp3) is 0.444. The third-order valence-electron chi connectivity index (χ3n) is 4.92. The lowest BCUT2D eigenvalue weighted by molar-refractivity contribution is -0.0500. The quantitative estimate of drug-likeness (QED) is 0.645. The van der Waals surface area contributed by atoms with E-state index in [1.807, 2.05) is 18.3 Å². The van der Waals surface area contributed by atoms with Crippen LogP contribution >= 0.6 is 23.3 Å². The number of aromatic nitrogens is 2. The van der Waals surface area contributed by atoms with Gasteiger partial charge < -0.3 is 15.8 Å². The normalized spacial score (nSPS) is 24.0. The van der Waals surface area contributed by atoms with Crippen molar-refractivity contribution in [3.8, 4) is 5.75 Å². The van der Waals surface area contributed by atoms with Crippen LogP contribution in [0.2, 0.25) is 0 Å². The fourth-order valence-corrected chi connectivity index (χ4v) is 5.52. The van der Waals surface area contributed by atoms with Gasteiger partial charge in [0.05, 0.1) is 11.4 Å². The standard InChI is InChI=1S/C18H20F2N6O2S2/c1-18(13(9-3-4-9)30-26(2)17(21)25-18)15-24-12(8-29-15)23-14(27)11-6-5-10(7-22-11)28-16(19)20/h5-9,13,16H,3-4H2,1-2H3,(H2,21,25)(H,23,27)/t13-,18+/m1/s1. The smallest absolute Gasteiger partial charge is 0.387 e. The highest BCUT2D eigenvalue weighted by atomic mass is 32.2. The van der Waals surface area contributed by atoms with Gasteiger partial charge in [0.25, 0.3) is 5.91 Å². The van der Waals surface area contributed by atoms with Crippen LogP contribution in [0.1, 0.15) is 35.3 Å². The lowest BCUT2D eigenvalue weighted by Crippen LogP contribution is -2.46. The van der Waals surface area contributed by atoms with Gasteiger partial charge in [-0.25, -0.2) is 15.0 Å². The maximum absolute atomic E-state index is 12.4. The van der Waals surface area contributed by atoms with Crippen LogP contribution in [0.5, 0.6) is 5.75 Å². The highest BCUT2D eigenvalue weighted by Crippen LogP contribution is 2.52. The molecule has 1 saturated carbocycles. The minimum Gasteiger partial charge on any atom is -0.433 e. The summed E-state index contributed by atoms with van der Waals surface area (Å²) in [4.78, 5) is 25.6. The summed E-state index contributed by atoms with van der Waals surface area (Å²) in [6.07, 6.45) is 3.38. The van der Waals surface area contributed by atoms with E-state index in [1.54, 1.807) is 17.3 Å². The molecule has 1 aliphatic heterocycles. The Kier molecular flexibility index (Phi) is 5.53. The molecule has 2 aromatic heterocycles. The average Bonchev–Trinajstić information content (AvgIpc) is 3.42. The van der Waals surface area contributed by atoms with Crippen LogP contribution in [0.4, 0.5) is 14.6 Å². The van der Waals surface area contributed by atoms with Gasteiger partial charge in [-0.15, -0.1) is 11.3 Å². The number of carbonyl (C=O) groups excluding carboxylic acids is 1. The largest absolute Gasteiger partial charge is 0.433 e. The number of nitrogens with two attached hydrogens (primary N) is 1. The molecule has 2 aromatic rings. The summed E-state index contributed by atoms with van der Waals surface area (Å²) < 4.78 is 30.6. The lowest BCUT2D eigenvalue weighted by Gasteiger charge is -2.39. The number of carbonyl (C=O) groups is 1. The molecule has 0 aromatic carbocycles. The van der Waals surface area contributed by atoms with Crippen LogP contribution in [-0.4, -0.2) is 45.0 Å². The molecular weight excluding hydrogens is 434 g/mol. The van der Waals surface area contributed by atoms with Crippen LogP contribution in [0.25, 0.3) is 0 Å². The van der Waals surface area contributed by atoms with Crippen molar-refractivity contribution in [1.82, 2.24) is 14.3 Å². The molecule has 160 valence electrons. The van der Waals surface area contributed by atoms with Gasteiger partial charge in [0.15, 0.2) is 0 Å². The van der Waals surface area contributed by atoms with Crippen molar-refractivity contribution in [2.75, 3.05) is 12.4 Å². The molecular formula is C18H20F2N6O2S2. The maximum atomic E-state index is 12.4. The second-order valence-electron chi connectivity index (χ2n) is 7.23. The highest BCUT2D eigenvalue weighted by Gasteiger charge is 2.50. The molecule has 8 nitrogen and oxygen atoms in total. The van der Waals surface area contributed by atoms with Gasteiger partial charge in [0.1, 0.15) is 27.8 Å². The van der Waals surface area contributed by atoms with Crippen LogP contribution in [0.15, 0.2) is 28.7 Å². The second-order valence-corrected chi connectivity index (χ2v) is 9.35. The van der Waals surface area contributed by atoms with E-state index < -0.39 is 18.1 Å². The van der Waals surface area contributed by atoms with Crippen molar-refractivity contribution in [2.45, 2.75) is 37.2 Å². The molecule has 30 heavy (non-hydrogen) atoms. The maximum Gasteiger partial charge on any atom is 0.387 e. The molecule has 4 rings (SSSR count). The summed E-state index contributed by atoms with van der Waals surface area (Å²) in [6.45, 7) is -0.925. The number of halogens is 2. The number of rotatable bonds is 6. The zero-order valence-corrected chi connectivity index (χ0v) is 17.8. The number of nitrogens with one attached hydrogen (secondary N) is 1. The number of pyridine rings is 1. The molecule has 3 heterocycles. The van der Waals surface area contributed by atoms with Crippen molar-refractivity contribution >= 4 is 41.0 Å². The minimum absolute atomic E-state index is 0.0605. The van der Waals surface area contributed by atoms with E-state index in [1.165, 1.54) is 23.5 Å². The molecule has 2 atom stereocenters. The fourth-order valence-electron chi connectivity index (χ4n) is 3.24. The minimum atomic E-state index is -2.95. The Hall–Kier alpha value is -2.47. The first-order valence-corrected chi connectivity index (χ1v) is 10.9. The number of hydrogen-bond acceptors (Lipinski definition) is 9. The number of alkyl halides is 2. The molecule has 12 heteroatoms. The molecule has 1 aliphatic carbocycles. The Morgan fingerprint density at radius 2 is 2.20 bits per heavy atom. The topological polar surface area (TPSA) is 106 Å². The molecule has 1 amide bonds. The van der Waals surface area contributed by atoms with E-state index in [4.69, 9.17) is 10.7 Å². The Bertz CT molecular complexity index is 966. The van der Waals surface area contributed by atoms with Gasteiger partial charge in [-0.3, -0.25) is 9.10 Å². The Labute approximate surface area is 180 Å². The van der Waals surface area contributed by atoms with Gasteiger partial charge >= 0.3 is 6.61 Å². The Morgan fingerprint density at radius 3 is 2.83 bits per heavy atom. The third kappa shape index (κ3) is 4.19. The summed E-state index contributed by atoms with van der Waals surface area (Å²) in [6, 6.07) is 2.57. The van der Waals surface area contributed by atoms with Crippen LogP contribution < -0.4 is 15.8 Å². The van der Waals surface area contributed by atoms with Crippen molar-refractivity contribution in [2.24, 2.45) is 16.6 Å². The van der Waals surface area contributed by atoms with Gasteiger partial charge in [-0.05, 0) is 49.8 Å². The summed E-state index contributed by atoms with van der Waals surface area (Å²) in [5.74, 6) is 0.755. The van der Waals surface area contributed by atoms with Crippen molar-refractivity contribution in [3.05, 3.63) is 34.4 Å². The Morgan fingerprint density at radius 1 is 1.43 bits per heavy atom. The first kappa shape index (κ1) is 20.8. The summed E-state index contributed by atoms with van der Waals surface area (Å²) in [5, 5.41) is 5.41. The molecule has 0 radical (unpaired) electrons. The van der Waals surface area contributed by atoms with Crippen LogP contribution in [0, 0.1) is 5.92 Å². The molecule has 0 spiro atoms. The first-order valence-electron chi connectivity index (χ1n) is 9.20. The number of thiazole rings is 1. The Balaban J connectivity index is 1.50. The van der Waals surface area contributed by atoms with E-state index in [0.29, 0.717) is 17.7 Å². The number of amides is 1. The van der Waals surface area contributed by atoms with Gasteiger partial charge in [0, 0.05) is 12.4 Å². The van der Waals surface area contributed by atoms with Gasteiger partial charge in [-0.1, -0.05) is 0 Å². The molecule has 0 bridgehead atoms. The van der Waals surface area contributed by atoms with E-state index in [9.17, 15) is 13.6 Å². The van der Waals surface area contributed by atoms with Crippen LogP contribution in [-0.2, 0) is 5.54 Å². The number of aliphatic imine (C=N–C) groups is 1. The number of guanidine groups is 1. The van der Waals surface area contributed by atoms with E-state index in [0.717, 1.165) is 24.0 Å². The first-order chi connectivity index (χ1) is 14.3. The lowest BCUT2D eigenvalue weighted by atomic mass is 9.95. The summed E-state index contributed by atoms with van der Waals surface area (Å²) in [7, 11) is 1.90. The van der Waals surface area contributed by atoms with E-state index in [2.05, 4.69) is 20.0 Å². The zero-order valence-electron chi connectivity index (χ0n) is 16.2. The van der Waals surface area contributed by atoms with Crippen molar-refractivity contribution in [1.29, 1.82) is 0 Å². The molecule has 0 saturated heterocycles. The zero-order chi connectivity index (χ0) is 21.5.